The lowest BCUT2D eigenvalue weighted by Gasteiger charge is -2.27. The molecule has 0 saturated carbocycles. The van der Waals surface area contributed by atoms with Crippen LogP contribution in [-0.4, -0.2) is 23.5 Å². The summed E-state index contributed by atoms with van der Waals surface area (Å²) in [4.78, 5) is 17.5. The Hall–Kier alpha value is -3.04. The zero-order valence-electron chi connectivity index (χ0n) is 14.9. The smallest absolute Gasteiger partial charge is 0.338 e. The van der Waals surface area contributed by atoms with Gasteiger partial charge >= 0.3 is 5.97 Å². The summed E-state index contributed by atoms with van der Waals surface area (Å²) in [7, 11) is 0. The standard InChI is InChI=1S/C21H19N3O2S/c1-2-26-20(25)17-18(15-9-5-3-6-10-15)23-21(27-14-13-22)24-19(17)16-11-7-4-8-12-16/h3-12,18H,2,14H2,1H3,(H,23,24)/t18-/m0/s1. The lowest BCUT2D eigenvalue weighted by atomic mass is 9.94. The Kier molecular flexibility index (Phi) is 6.29. The summed E-state index contributed by atoms with van der Waals surface area (Å²) in [5, 5.41) is 12.8. The molecule has 0 amide bonds. The number of carbonyl (C=O) groups is 1. The summed E-state index contributed by atoms with van der Waals surface area (Å²) >= 11 is 1.31. The molecule has 1 aliphatic rings. The van der Waals surface area contributed by atoms with E-state index in [1.807, 2.05) is 60.7 Å². The molecule has 1 aliphatic heterocycles. The van der Waals surface area contributed by atoms with E-state index >= 15 is 0 Å². The van der Waals surface area contributed by atoms with Crippen LogP contribution < -0.4 is 5.32 Å². The Morgan fingerprint density at radius 1 is 1.19 bits per heavy atom. The van der Waals surface area contributed by atoms with E-state index in [0.29, 0.717) is 16.4 Å². The first kappa shape index (κ1) is 18.7. The van der Waals surface area contributed by atoms with E-state index in [0.717, 1.165) is 11.1 Å². The number of amidine groups is 1. The monoisotopic (exact) mass is 377 g/mol. The molecule has 2 aromatic rings. The van der Waals surface area contributed by atoms with Gasteiger partial charge in [-0.15, -0.1) is 0 Å². The summed E-state index contributed by atoms with van der Waals surface area (Å²) in [6.45, 7) is 2.07. The number of esters is 1. The Labute approximate surface area is 162 Å². The largest absolute Gasteiger partial charge is 0.463 e. The molecule has 0 unspecified atom stereocenters. The topological polar surface area (TPSA) is 74.5 Å². The van der Waals surface area contributed by atoms with Crippen molar-refractivity contribution in [2.75, 3.05) is 12.4 Å². The van der Waals surface area contributed by atoms with Crippen LogP contribution in [0.1, 0.15) is 24.1 Å². The van der Waals surface area contributed by atoms with E-state index in [1.54, 1.807) is 6.92 Å². The van der Waals surface area contributed by atoms with Gasteiger partial charge < -0.3 is 10.1 Å². The minimum atomic E-state index is -0.497. The maximum absolute atomic E-state index is 12.8. The molecule has 2 aromatic carbocycles. The van der Waals surface area contributed by atoms with Crippen LogP contribution in [0, 0.1) is 11.3 Å². The van der Waals surface area contributed by atoms with Crippen LogP contribution >= 0.6 is 11.8 Å². The molecule has 0 aromatic heterocycles. The van der Waals surface area contributed by atoms with Crippen LogP contribution in [-0.2, 0) is 9.53 Å². The third-order valence-corrected chi connectivity index (χ3v) is 4.72. The van der Waals surface area contributed by atoms with Crippen LogP contribution in [0.25, 0.3) is 5.70 Å². The number of aliphatic imine (C=N–C) groups is 1. The molecule has 0 saturated heterocycles. The summed E-state index contributed by atoms with van der Waals surface area (Å²) in [6, 6.07) is 20.9. The maximum atomic E-state index is 12.8. The average Bonchev–Trinajstić information content (AvgIpc) is 2.73. The molecule has 1 atom stereocenters. The molecule has 5 nitrogen and oxygen atoms in total. The maximum Gasteiger partial charge on any atom is 0.338 e. The normalized spacial score (nSPS) is 16.1. The van der Waals surface area contributed by atoms with Crippen LogP contribution in [0.5, 0.6) is 0 Å². The lowest BCUT2D eigenvalue weighted by molar-refractivity contribution is -0.138. The molecule has 27 heavy (non-hydrogen) atoms. The third-order valence-electron chi connectivity index (χ3n) is 3.97. The zero-order valence-corrected chi connectivity index (χ0v) is 15.7. The summed E-state index contributed by atoms with van der Waals surface area (Å²) in [5.41, 5.74) is 2.89. The van der Waals surface area contributed by atoms with Crippen molar-refractivity contribution >= 4 is 28.6 Å². The van der Waals surface area contributed by atoms with E-state index < -0.39 is 12.0 Å². The van der Waals surface area contributed by atoms with Gasteiger partial charge in [0.05, 0.1) is 29.7 Å². The third kappa shape index (κ3) is 4.39. The van der Waals surface area contributed by atoms with Crippen molar-refractivity contribution in [2.45, 2.75) is 13.0 Å². The second-order valence-corrected chi connectivity index (χ2v) is 6.66. The number of benzene rings is 2. The second kappa shape index (κ2) is 9.06. The lowest BCUT2D eigenvalue weighted by Crippen LogP contribution is -2.31. The fraction of sp³-hybridized carbons (Fsp3) is 0.190. The van der Waals surface area contributed by atoms with E-state index in [1.165, 1.54) is 11.8 Å². The van der Waals surface area contributed by atoms with Gasteiger partial charge in [0.15, 0.2) is 5.17 Å². The van der Waals surface area contributed by atoms with E-state index in [-0.39, 0.29) is 12.4 Å². The highest BCUT2D eigenvalue weighted by atomic mass is 32.2. The van der Waals surface area contributed by atoms with Crippen molar-refractivity contribution in [1.82, 2.24) is 5.32 Å². The van der Waals surface area contributed by atoms with Crippen molar-refractivity contribution < 1.29 is 9.53 Å². The number of ether oxygens (including phenoxy) is 1. The van der Waals surface area contributed by atoms with E-state index in [4.69, 9.17) is 15.0 Å². The second-order valence-electron chi connectivity index (χ2n) is 5.69. The average molecular weight is 377 g/mol. The number of nitriles is 1. The van der Waals surface area contributed by atoms with Gasteiger partial charge in [-0.3, -0.25) is 0 Å². The van der Waals surface area contributed by atoms with Crippen LogP contribution in [0.3, 0.4) is 0 Å². The van der Waals surface area contributed by atoms with Gasteiger partial charge in [0.2, 0.25) is 0 Å². The quantitative estimate of drug-likeness (QED) is 0.800. The van der Waals surface area contributed by atoms with Gasteiger partial charge in [-0.2, -0.15) is 5.26 Å². The molecular weight excluding hydrogens is 358 g/mol. The molecule has 3 rings (SSSR count). The Balaban J connectivity index is 2.15. The number of carbonyl (C=O) groups excluding carboxylic acids is 1. The van der Waals surface area contributed by atoms with Gasteiger partial charge in [-0.25, -0.2) is 9.79 Å². The molecule has 0 fully saturated rings. The number of rotatable bonds is 5. The van der Waals surface area contributed by atoms with Crippen molar-refractivity contribution in [3.63, 3.8) is 0 Å². The predicted molar refractivity (Wildman–Crippen MR) is 108 cm³/mol. The molecule has 0 aliphatic carbocycles. The van der Waals surface area contributed by atoms with Crippen molar-refractivity contribution in [3.8, 4) is 6.07 Å². The number of nitrogens with one attached hydrogen (secondary N) is 1. The summed E-state index contributed by atoms with van der Waals surface area (Å²) in [5.74, 6) is -0.129. The minimum absolute atomic E-state index is 0.268. The van der Waals surface area contributed by atoms with Crippen molar-refractivity contribution in [3.05, 3.63) is 77.4 Å². The van der Waals surface area contributed by atoms with Crippen LogP contribution in [0.2, 0.25) is 0 Å². The first-order chi connectivity index (χ1) is 13.2. The Morgan fingerprint density at radius 2 is 1.85 bits per heavy atom. The SMILES string of the molecule is CCOC(=O)C1=C(c2ccccc2)NC(SCC#N)=N[C@H]1c1ccccc1. The molecule has 0 radical (unpaired) electrons. The molecule has 0 bridgehead atoms. The zero-order chi connectivity index (χ0) is 19.1. The van der Waals surface area contributed by atoms with Gasteiger partial charge in [-0.05, 0) is 18.1 Å². The summed E-state index contributed by atoms with van der Waals surface area (Å²) < 4.78 is 5.34. The van der Waals surface area contributed by atoms with E-state index in [2.05, 4.69) is 11.4 Å². The number of hydrogen-bond donors (Lipinski definition) is 1. The molecule has 1 N–H and O–H groups in total. The number of thioether (sulfide) groups is 1. The fourth-order valence-electron chi connectivity index (χ4n) is 2.83. The number of hydrogen-bond acceptors (Lipinski definition) is 6. The Morgan fingerprint density at radius 3 is 2.48 bits per heavy atom. The van der Waals surface area contributed by atoms with Crippen molar-refractivity contribution in [1.29, 1.82) is 5.26 Å². The molecular formula is C21H19N3O2S. The van der Waals surface area contributed by atoms with Gasteiger partial charge in [0.25, 0.3) is 0 Å². The van der Waals surface area contributed by atoms with Crippen molar-refractivity contribution in [2.24, 2.45) is 4.99 Å². The summed E-state index contributed by atoms with van der Waals surface area (Å²) in [6.07, 6.45) is 0. The first-order valence-electron chi connectivity index (χ1n) is 8.60. The highest BCUT2D eigenvalue weighted by Gasteiger charge is 2.32. The van der Waals surface area contributed by atoms with Crippen LogP contribution in [0.4, 0.5) is 0 Å². The fourth-order valence-corrected chi connectivity index (χ4v) is 3.39. The van der Waals surface area contributed by atoms with Gasteiger partial charge in [0.1, 0.15) is 6.04 Å². The highest BCUT2D eigenvalue weighted by molar-refractivity contribution is 8.14. The highest BCUT2D eigenvalue weighted by Crippen LogP contribution is 2.36. The first-order valence-corrected chi connectivity index (χ1v) is 9.59. The minimum Gasteiger partial charge on any atom is -0.463 e. The molecule has 0 spiro atoms. The predicted octanol–water partition coefficient (Wildman–Crippen LogP) is 3.92. The van der Waals surface area contributed by atoms with Gasteiger partial charge in [0, 0.05) is 0 Å². The molecule has 1 heterocycles. The van der Waals surface area contributed by atoms with Crippen LogP contribution in [0.15, 0.2) is 71.2 Å². The van der Waals surface area contributed by atoms with E-state index in [9.17, 15) is 4.79 Å². The molecule has 6 heteroatoms. The van der Waals surface area contributed by atoms with Gasteiger partial charge in [-0.1, -0.05) is 72.4 Å². The molecule has 136 valence electrons. The number of nitrogens with zero attached hydrogens (tertiary/aromatic N) is 2. The Bertz CT molecular complexity index is 902.